The summed E-state index contributed by atoms with van der Waals surface area (Å²) in [6.45, 7) is -8.96. The zero-order valence-corrected chi connectivity index (χ0v) is 12.8. The first kappa shape index (κ1) is 6.23. The van der Waals surface area contributed by atoms with Crippen LogP contribution in [0.3, 0.4) is 0 Å². The SMILES string of the molecule is [2H]C([2H])([2H])Oc1cc2c(cc1OC)C([2H])([2H])C([2H])([2H])N1C2CC(O)C(C([2H])([2H])C([2H])(C)C([2H])([2H])[2H])C1([2H])[2H]. The van der Waals surface area contributed by atoms with Crippen molar-refractivity contribution in [2.75, 3.05) is 27.1 Å². The van der Waals surface area contributed by atoms with E-state index >= 15 is 0 Å². The molecule has 2 aliphatic heterocycles. The topological polar surface area (TPSA) is 41.9 Å². The molecule has 4 heteroatoms. The fraction of sp³-hybridized carbons (Fsp3) is 0.684. The van der Waals surface area contributed by atoms with Crippen molar-refractivity contribution in [1.82, 2.24) is 4.90 Å². The van der Waals surface area contributed by atoms with Crippen molar-refractivity contribution in [2.45, 2.75) is 45.1 Å². The first-order valence-electron chi connectivity index (χ1n) is 14.7. The molecule has 1 saturated heterocycles. The maximum atomic E-state index is 11.1. The first-order valence-corrected chi connectivity index (χ1v) is 7.15. The maximum Gasteiger partial charge on any atom is 0.161 e. The van der Waals surface area contributed by atoms with Gasteiger partial charge in [0.2, 0.25) is 0 Å². The Bertz CT molecular complexity index is 1080. The van der Waals surface area contributed by atoms with Crippen LogP contribution in [-0.2, 0) is 6.37 Å². The molecule has 2 heterocycles. The van der Waals surface area contributed by atoms with Crippen LogP contribution in [0.1, 0.15) is 64.3 Å². The molecule has 0 saturated carbocycles. The van der Waals surface area contributed by atoms with Gasteiger partial charge >= 0.3 is 0 Å². The van der Waals surface area contributed by atoms with Crippen LogP contribution in [0.4, 0.5) is 0 Å². The molecule has 0 aliphatic carbocycles. The lowest BCUT2D eigenvalue weighted by atomic mass is 9.79. The Morgan fingerprint density at radius 3 is 3.09 bits per heavy atom. The highest BCUT2D eigenvalue weighted by Gasteiger charge is 2.38. The average molecular weight is 335 g/mol. The monoisotopic (exact) mass is 334 g/mol. The van der Waals surface area contributed by atoms with E-state index in [1.165, 1.54) is 0 Å². The number of methoxy groups -OCH3 is 2. The molecule has 0 bridgehead atoms. The summed E-state index contributed by atoms with van der Waals surface area (Å²) in [5.41, 5.74) is -0.452. The zero-order chi connectivity index (χ0) is 29.7. The summed E-state index contributed by atoms with van der Waals surface area (Å²) < 4.78 is 133. The van der Waals surface area contributed by atoms with Gasteiger partial charge in [-0.15, -0.1) is 0 Å². The second-order valence-electron chi connectivity index (χ2n) is 5.49. The third kappa shape index (κ3) is 3.20. The second-order valence-corrected chi connectivity index (χ2v) is 5.49. The van der Waals surface area contributed by atoms with Gasteiger partial charge in [0.15, 0.2) is 11.5 Å². The summed E-state index contributed by atoms with van der Waals surface area (Å²) in [4.78, 5) is 0.402. The van der Waals surface area contributed by atoms with Crippen molar-refractivity contribution >= 4 is 0 Å². The van der Waals surface area contributed by atoms with Crippen LogP contribution in [0, 0.1) is 11.8 Å². The number of nitrogens with zero attached hydrogens (tertiary/aromatic N) is 1. The van der Waals surface area contributed by atoms with Gasteiger partial charge in [-0.1, -0.05) is 13.8 Å². The van der Waals surface area contributed by atoms with E-state index in [1.807, 2.05) is 0 Å². The van der Waals surface area contributed by atoms with Gasteiger partial charge in [-0.3, -0.25) is 4.90 Å². The van der Waals surface area contributed by atoms with Gasteiger partial charge in [0.25, 0.3) is 0 Å². The molecule has 1 fully saturated rings. The quantitative estimate of drug-likeness (QED) is 0.919. The van der Waals surface area contributed by atoms with Crippen molar-refractivity contribution in [3.63, 3.8) is 0 Å². The number of fused-ring (bicyclic) bond motifs is 3. The van der Waals surface area contributed by atoms with Crippen molar-refractivity contribution in [1.29, 1.82) is 0 Å². The number of aliphatic hydroxyl groups excluding tert-OH is 1. The summed E-state index contributed by atoms with van der Waals surface area (Å²) >= 11 is 0. The second kappa shape index (κ2) is 6.70. The molecule has 4 unspecified atom stereocenters. The van der Waals surface area contributed by atoms with E-state index in [2.05, 4.69) is 0 Å². The molecule has 1 aromatic carbocycles. The average Bonchev–Trinajstić information content (AvgIpc) is 2.68. The van der Waals surface area contributed by atoms with Gasteiger partial charge in [0, 0.05) is 35.5 Å². The number of piperidine rings is 1. The molecule has 23 heavy (non-hydrogen) atoms. The van der Waals surface area contributed by atoms with E-state index in [9.17, 15) is 5.11 Å². The van der Waals surface area contributed by atoms with Gasteiger partial charge in [0.1, 0.15) is 0 Å². The van der Waals surface area contributed by atoms with Crippen LogP contribution < -0.4 is 9.47 Å². The lowest BCUT2D eigenvalue weighted by molar-refractivity contribution is -0.0191. The molecule has 1 N–H and O–H groups in total. The molecule has 1 aromatic rings. The van der Waals surface area contributed by atoms with Crippen molar-refractivity contribution < 1.29 is 35.1 Å². The molecule has 3 rings (SSSR count). The summed E-state index contributed by atoms with van der Waals surface area (Å²) in [7, 11) is -1.80. The molecule has 0 radical (unpaired) electrons. The van der Waals surface area contributed by atoms with Crippen LogP contribution in [0.15, 0.2) is 12.1 Å². The van der Waals surface area contributed by atoms with E-state index in [4.69, 9.17) is 30.0 Å². The maximum absolute atomic E-state index is 11.1. The van der Waals surface area contributed by atoms with Crippen LogP contribution in [0.5, 0.6) is 11.5 Å². The Balaban J connectivity index is 2.29. The van der Waals surface area contributed by atoms with Crippen LogP contribution in [0.25, 0.3) is 0 Å². The molecule has 0 amide bonds. The van der Waals surface area contributed by atoms with Crippen molar-refractivity contribution in [2.24, 2.45) is 11.8 Å². The third-order valence-electron chi connectivity index (χ3n) is 3.93. The smallest absolute Gasteiger partial charge is 0.161 e. The fourth-order valence-corrected chi connectivity index (χ4v) is 2.85. The number of hydrogen-bond acceptors (Lipinski definition) is 4. The Kier molecular flexibility index (Phi) is 1.81. The molecule has 4 nitrogen and oxygen atoms in total. The minimum atomic E-state index is -3.26. The highest BCUT2D eigenvalue weighted by atomic mass is 16.5. The number of aliphatic hydroxyl groups is 1. The highest BCUT2D eigenvalue weighted by molar-refractivity contribution is 5.49. The summed E-state index contributed by atoms with van der Waals surface area (Å²) in [5, 5.41) is 11.1. The van der Waals surface area contributed by atoms with E-state index in [-0.39, 0.29) is 22.6 Å². The van der Waals surface area contributed by atoms with Gasteiger partial charge in [-0.2, -0.15) is 0 Å². The molecule has 0 aromatic heterocycles. The third-order valence-corrected chi connectivity index (χ3v) is 3.93. The van der Waals surface area contributed by atoms with Gasteiger partial charge in [0.05, 0.1) is 24.4 Å². The van der Waals surface area contributed by atoms with Gasteiger partial charge in [-0.05, 0) is 54.2 Å². The number of benzene rings is 1. The molecular formula is C19H29NO3. The molecule has 0 spiro atoms. The van der Waals surface area contributed by atoms with E-state index in [0.717, 1.165) is 26.2 Å². The van der Waals surface area contributed by atoms with Crippen LogP contribution in [-0.4, -0.2) is 43.3 Å². The molecule has 2 aliphatic rings. The van der Waals surface area contributed by atoms with E-state index in [0.29, 0.717) is 4.90 Å². The summed E-state index contributed by atoms with van der Waals surface area (Å²) in [6.07, 6.45) is -8.80. The summed E-state index contributed by atoms with van der Waals surface area (Å²) in [5.74, 6) is -5.85. The highest BCUT2D eigenvalue weighted by Crippen LogP contribution is 2.43. The zero-order valence-electron chi connectivity index (χ0n) is 27.8. The van der Waals surface area contributed by atoms with E-state index < -0.39 is 70.0 Å². The molecule has 128 valence electrons. The lowest BCUT2D eigenvalue weighted by Crippen LogP contribution is -2.48. The van der Waals surface area contributed by atoms with Gasteiger partial charge in [-0.25, -0.2) is 0 Å². The lowest BCUT2D eigenvalue weighted by Gasteiger charge is -2.46. The van der Waals surface area contributed by atoms with Crippen molar-refractivity contribution in [3.8, 4) is 11.5 Å². The minimum absolute atomic E-state index is 0.128. The molecular weight excluding hydrogens is 290 g/mol. The Hall–Kier alpha value is -1.26. The Morgan fingerprint density at radius 2 is 2.35 bits per heavy atom. The van der Waals surface area contributed by atoms with Gasteiger partial charge < -0.3 is 14.6 Å². The normalized spacial score (nSPS) is 48.0. The van der Waals surface area contributed by atoms with Crippen molar-refractivity contribution in [3.05, 3.63) is 23.3 Å². The Morgan fingerprint density at radius 1 is 1.52 bits per heavy atom. The predicted molar refractivity (Wildman–Crippen MR) is 91.1 cm³/mol. The number of hydrogen-bond donors (Lipinski definition) is 1. The number of rotatable bonds is 4. The van der Waals surface area contributed by atoms with E-state index in [1.54, 1.807) is 0 Å². The minimum Gasteiger partial charge on any atom is -0.493 e. The predicted octanol–water partition coefficient (Wildman–Crippen LogP) is 3.03. The Labute approximate surface area is 160 Å². The first-order chi connectivity index (χ1) is 16.8. The van der Waals surface area contributed by atoms with Crippen LogP contribution in [0.2, 0.25) is 0 Å². The summed E-state index contributed by atoms with van der Waals surface area (Å²) in [6, 6.07) is 0.629. The number of ether oxygens (including phenoxy) is 2. The molecule has 4 atom stereocenters. The standard InChI is InChI=1S/C19H29NO3/c1-12(2)7-14-11-20-6-5-13-8-18(22-3)19(23-4)9-15(13)16(20)10-17(14)21/h8-9,12,14,16-17,21H,5-7,10-11H2,1-4H3/i1D3,4D3,5D2,6D2,7D2,11D2,12D. The van der Waals surface area contributed by atoms with Crippen LogP contribution >= 0.6 is 0 Å². The largest absolute Gasteiger partial charge is 0.493 e. The number of aryl methyl sites for hydroxylation is 1. The fourth-order valence-electron chi connectivity index (χ4n) is 2.85.